The summed E-state index contributed by atoms with van der Waals surface area (Å²) >= 11 is 3.14. The van der Waals surface area contributed by atoms with Crippen LogP contribution in [0.4, 0.5) is 5.69 Å². The van der Waals surface area contributed by atoms with Gasteiger partial charge in [-0.05, 0) is 42.2 Å². The largest absolute Gasteiger partial charge is 0.270 e. The lowest BCUT2D eigenvalue weighted by molar-refractivity contribution is -0.384. The van der Waals surface area contributed by atoms with Crippen LogP contribution in [0.25, 0.3) is 22.4 Å². The highest BCUT2D eigenvalue weighted by molar-refractivity contribution is 7.19. The van der Waals surface area contributed by atoms with E-state index in [1.165, 1.54) is 27.8 Å². The van der Waals surface area contributed by atoms with Crippen LogP contribution in [-0.4, -0.2) is 9.91 Å². The molecule has 3 aromatic rings. The highest BCUT2D eigenvalue weighted by atomic mass is 32.1. The summed E-state index contributed by atoms with van der Waals surface area (Å²) < 4.78 is 0.835. The van der Waals surface area contributed by atoms with Gasteiger partial charge in [0.15, 0.2) is 0 Å². The van der Waals surface area contributed by atoms with Gasteiger partial charge in [0.25, 0.3) is 5.69 Å². The van der Waals surface area contributed by atoms with Crippen LogP contribution in [0.2, 0.25) is 0 Å². The minimum atomic E-state index is -0.385. The Kier molecular flexibility index (Phi) is 3.33. The van der Waals surface area contributed by atoms with Crippen LogP contribution in [0, 0.1) is 17.0 Å². The Balaban J connectivity index is 1.95. The molecule has 0 amide bonds. The first-order chi connectivity index (χ1) is 9.63. The van der Waals surface area contributed by atoms with Crippen molar-refractivity contribution >= 4 is 50.7 Å². The molecular formula is C14H10N2O2S2. The molecule has 1 aromatic carbocycles. The van der Waals surface area contributed by atoms with E-state index in [0.717, 1.165) is 15.2 Å². The van der Waals surface area contributed by atoms with Gasteiger partial charge in [0, 0.05) is 17.0 Å². The molecule has 0 saturated heterocycles. The van der Waals surface area contributed by atoms with Crippen molar-refractivity contribution in [3.63, 3.8) is 0 Å². The molecule has 0 aliphatic rings. The molecule has 2 aromatic heterocycles. The van der Waals surface area contributed by atoms with Crippen molar-refractivity contribution in [2.75, 3.05) is 0 Å². The van der Waals surface area contributed by atoms with Crippen molar-refractivity contribution in [2.24, 2.45) is 0 Å². The topological polar surface area (TPSA) is 56.0 Å². The molecule has 0 atom stereocenters. The smallest absolute Gasteiger partial charge is 0.258 e. The summed E-state index contributed by atoms with van der Waals surface area (Å²) in [5, 5.41) is 13.7. The lowest BCUT2D eigenvalue weighted by Gasteiger charge is -1.88. The maximum atomic E-state index is 10.7. The highest BCUT2D eigenvalue weighted by Crippen LogP contribution is 2.28. The monoisotopic (exact) mass is 302 g/mol. The van der Waals surface area contributed by atoms with Gasteiger partial charge in [-0.2, -0.15) is 0 Å². The average Bonchev–Trinajstić information content (AvgIpc) is 3.00. The van der Waals surface area contributed by atoms with E-state index in [9.17, 15) is 10.1 Å². The van der Waals surface area contributed by atoms with Crippen molar-refractivity contribution in [1.82, 2.24) is 4.98 Å². The van der Waals surface area contributed by atoms with E-state index in [4.69, 9.17) is 0 Å². The second-order valence-corrected chi connectivity index (χ2v) is 6.27. The molecule has 0 fully saturated rings. The SMILES string of the molecule is Cc1ccsc1/C=C/c1nc2ccc([N+](=O)[O-])cc2s1. The first-order valence-electron chi connectivity index (χ1n) is 5.90. The van der Waals surface area contributed by atoms with E-state index in [1.807, 2.05) is 12.2 Å². The standard InChI is InChI=1S/C14H10N2O2S2/c1-9-6-7-19-12(9)4-5-14-15-11-3-2-10(16(17)18)8-13(11)20-14/h2-8H,1H3/b5-4+. The molecule has 2 heterocycles. The van der Waals surface area contributed by atoms with E-state index >= 15 is 0 Å². The number of fused-ring (bicyclic) bond motifs is 1. The average molecular weight is 302 g/mol. The Morgan fingerprint density at radius 2 is 2.15 bits per heavy atom. The van der Waals surface area contributed by atoms with Crippen LogP contribution in [0.3, 0.4) is 0 Å². The van der Waals surface area contributed by atoms with E-state index in [1.54, 1.807) is 23.5 Å². The molecule has 100 valence electrons. The van der Waals surface area contributed by atoms with Crippen LogP contribution >= 0.6 is 22.7 Å². The van der Waals surface area contributed by atoms with Gasteiger partial charge in [-0.3, -0.25) is 10.1 Å². The van der Waals surface area contributed by atoms with Gasteiger partial charge >= 0.3 is 0 Å². The summed E-state index contributed by atoms with van der Waals surface area (Å²) in [4.78, 5) is 16.0. The maximum Gasteiger partial charge on any atom is 0.270 e. The Bertz CT molecular complexity index is 818. The van der Waals surface area contributed by atoms with E-state index in [0.29, 0.717) is 0 Å². The van der Waals surface area contributed by atoms with E-state index < -0.39 is 0 Å². The number of thiophene rings is 1. The molecule has 4 nitrogen and oxygen atoms in total. The zero-order valence-electron chi connectivity index (χ0n) is 10.6. The fraction of sp³-hybridized carbons (Fsp3) is 0.0714. The Labute approximate surface area is 123 Å². The zero-order chi connectivity index (χ0) is 14.1. The van der Waals surface area contributed by atoms with Crippen LogP contribution in [-0.2, 0) is 0 Å². The quantitative estimate of drug-likeness (QED) is 0.518. The predicted octanol–water partition coefficient (Wildman–Crippen LogP) is 4.74. The number of hydrogen-bond acceptors (Lipinski definition) is 5. The molecule has 0 radical (unpaired) electrons. The third-order valence-corrected chi connectivity index (χ3v) is 4.85. The molecule has 6 heteroatoms. The minimum absolute atomic E-state index is 0.103. The fourth-order valence-electron chi connectivity index (χ4n) is 1.82. The fourth-order valence-corrected chi connectivity index (χ4v) is 3.54. The molecule has 0 N–H and O–H groups in total. The Morgan fingerprint density at radius 1 is 1.30 bits per heavy atom. The van der Waals surface area contributed by atoms with Crippen molar-refractivity contribution in [3.8, 4) is 0 Å². The van der Waals surface area contributed by atoms with Gasteiger partial charge in [-0.1, -0.05) is 0 Å². The van der Waals surface area contributed by atoms with Gasteiger partial charge in [-0.25, -0.2) is 4.98 Å². The molecule has 3 rings (SSSR count). The summed E-state index contributed by atoms with van der Waals surface area (Å²) in [5.74, 6) is 0. The number of thiazole rings is 1. The van der Waals surface area contributed by atoms with Crippen LogP contribution < -0.4 is 0 Å². The third kappa shape index (κ3) is 2.48. The highest BCUT2D eigenvalue weighted by Gasteiger charge is 2.09. The normalized spacial score (nSPS) is 11.4. The molecule has 0 aliphatic heterocycles. The Morgan fingerprint density at radius 3 is 2.85 bits per heavy atom. The van der Waals surface area contributed by atoms with Gasteiger partial charge in [0.2, 0.25) is 0 Å². The van der Waals surface area contributed by atoms with Gasteiger partial charge in [0.1, 0.15) is 5.01 Å². The van der Waals surface area contributed by atoms with Crippen LogP contribution in [0.1, 0.15) is 15.4 Å². The lowest BCUT2D eigenvalue weighted by atomic mass is 10.3. The van der Waals surface area contributed by atoms with Crippen molar-refractivity contribution in [2.45, 2.75) is 6.92 Å². The first-order valence-corrected chi connectivity index (χ1v) is 7.60. The number of nitrogens with zero attached hydrogens (tertiary/aromatic N) is 2. The van der Waals surface area contributed by atoms with Crippen molar-refractivity contribution in [3.05, 3.63) is 55.2 Å². The number of non-ortho nitro benzene ring substituents is 1. The third-order valence-electron chi connectivity index (χ3n) is 2.88. The van der Waals surface area contributed by atoms with Crippen LogP contribution in [0.15, 0.2) is 29.6 Å². The second kappa shape index (κ2) is 5.15. The number of aryl methyl sites for hydroxylation is 1. The molecule has 0 bridgehead atoms. The first kappa shape index (κ1) is 13.0. The summed E-state index contributed by atoms with van der Waals surface area (Å²) in [6.07, 6.45) is 3.99. The summed E-state index contributed by atoms with van der Waals surface area (Å²) in [6, 6.07) is 6.82. The van der Waals surface area contributed by atoms with E-state index in [2.05, 4.69) is 23.4 Å². The Hall–Kier alpha value is -2.05. The van der Waals surface area contributed by atoms with Crippen LogP contribution in [0.5, 0.6) is 0 Å². The summed E-state index contributed by atoms with van der Waals surface area (Å²) in [5.41, 5.74) is 2.14. The van der Waals surface area contributed by atoms with E-state index in [-0.39, 0.29) is 10.6 Å². The number of hydrogen-bond donors (Lipinski definition) is 0. The van der Waals surface area contributed by atoms with Crippen molar-refractivity contribution < 1.29 is 4.92 Å². The lowest BCUT2D eigenvalue weighted by Crippen LogP contribution is -1.85. The number of aromatic nitrogens is 1. The number of nitro benzene ring substituents is 1. The summed E-state index contributed by atoms with van der Waals surface area (Å²) in [7, 11) is 0. The molecule has 0 saturated carbocycles. The second-order valence-electron chi connectivity index (χ2n) is 4.26. The number of rotatable bonds is 3. The molecule has 20 heavy (non-hydrogen) atoms. The summed E-state index contributed by atoms with van der Waals surface area (Å²) in [6.45, 7) is 2.07. The minimum Gasteiger partial charge on any atom is -0.258 e. The van der Waals surface area contributed by atoms with Gasteiger partial charge < -0.3 is 0 Å². The zero-order valence-corrected chi connectivity index (χ0v) is 12.2. The maximum absolute atomic E-state index is 10.7. The predicted molar refractivity (Wildman–Crippen MR) is 84.3 cm³/mol. The number of nitro groups is 1. The molecule has 0 aliphatic carbocycles. The van der Waals surface area contributed by atoms with Gasteiger partial charge in [0.05, 0.1) is 15.1 Å². The van der Waals surface area contributed by atoms with Crippen molar-refractivity contribution in [1.29, 1.82) is 0 Å². The molecule has 0 unspecified atom stereocenters. The number of benzene rings is 1. The van der Waals surface area contributed by atoms with Gasteiger partial charge in [-0.15, -0.1) is 22.7 Å². The molecule has 0 spiro atoms. The molecular weight excluding hydrogens is 292 g/mol.